The van der Waals surface area contributed by atoms with E-state index in [1.165, 1.54) is 6.07 Å². The Morgan fingerprint density at radius 2 is 1.80 bits per heavy atom. The van der Waals surface area contributed by atoms with E-state index >= 15 is 0 Å². The highest BCUT2D eigenvalue weighted by molar-refractivity contribution is 5.83. The molecule has 0 aliphatic heterocycles. The van der Waals surface area contributed by atoms with Crippen molar-refractivity contribution in [3.63, 3.8) is 0 Å². The summed E-state index contributed by atoms with van der Waals surface area (Å²) in [6.07, 6.45) is 0. The van der Waals surface area contributed by atoms with Crippen LogP contribution in [0.4, 0.5) is 5.82 Å². The fourth-order valence-corrected chi connectivity index (χ4v) is 2.12. The topological polar surface area (TPSA) is 131 Å². The fourth-order valence-electron chi connectivity index (χ4n) is 2.12. The normalized spacial score (nSPS) is 10.6. The zero-order valence-electron chi connectivity index (χ0n) is 10.2. The molecule has 0 fully saturated rings. The minimum atomic E-state index is -0.537. The molecule has 1 aromatic carbocycles. The molecule has 3 aromatic rings. The van der Waals surface area contributed by atoms with Crippen LogP contribution in [-0.2, 0) is 0 Å². The van der Waals surface area contributed by atoms with Gasteiger partial charge in [0.25, 0.3) is 5.56 Å². The summed E-state index contributed by atoms with van der Waals surface area (Å²) in [6, 6.07) is 8.47. The third-order valence-corrected chi connectivity index (χ3v) is 2.99. The van der Waals surface area contributed by atoms with Crippen molar-refractivity contribution < 1.29 is 0 Å². The zero-order valence-corrected chi connectivity index (χ0v) is 10.2. The summed E-state index contributed by atoms with van der Waals surface area (Å²) < 4.78 is 0. The number of aromatic amines is 3. The molecule has 3 rings (SSSR count). The van der Waals surface area contributed by atoms with Crippen molar-refractivity contribution in [2.75, 3.05) is 5.73 Å². The Morgan fingerprint density at radius 3 is 2.55 bits per heavy atom. The molecule has 0 spiro atoms. The Kier molecular flexibility index (Phi) is 2.44. The van der Waals surface area contributed by atoms with Gasteiger partial charge < -0.3 is 20.7 Å². The fraction of sp³-hybridized carbons (Fsp3) is 0. The van der Waals surface area contributed by atoms with Gasteiger partial charge in [0.05, 0.1) is 11.0 Å². The van der Waals surface area contributed by atoms with Crippen LogP contribution in [0.5, 0.6) is 0 Å². The van der Waals surface area contributed by atoms with Crippen molar-refractivity contribution in [1.29, 1.82) is 5.26 Å². The molecule has 0 aliphatic rings. The molecule has 7 nitrogen and oxygen atoms in total. The highest BCUT2D eigenvalue weighted by Crippen LogP contribution is 2.24. The van der Waals surface area contributed by atoms with Gasteiger partial charge in [-0.3, -0.25) is 4.79 Å². The Hall–Kier alpha value is -3.27. The van der Waals surface area contributed by atoms with Crippen LogP contribution in [0.15, 0.2) is 33.9 Å². The average molecular weight is 267 g/mol. The van der Waals surface area contributed by atoms with Crippen molar-refractivity contribution in [2.45, 2.75) is 0 Å². The standard InChI is InChI=1S/C13H9N5O2/c14-5-8-7(4-11(15)18-12(8)19)6-1-2-9-10(3-6)17-13(20)16-9/h1-4H,(H3,15,18,19)(H2,16,17,20). The van der Waals surface area contributed by atoms with Gasteiger partial charge in [-0.2, -0.15) is 5.26 Å². The Balaban J connectivity index is 2.33. The van der Waals surface area contributed by atoms with Gasteiger partial charge in [0, 0.05) is 5.56 Å². The van der Waals surface area contributed by atoms with Crippen molar-refractivity contribution >= 4 is 16.9 Å². The number of aromatic nitrogens is 3. The number of nitrogens with two attached hydrogens (primary N) is 1. The zero-order chi connectivity index (χ0) is 14.3. The average Bonchev–Trinajstić information content (AvgIpc) is 2.76. The summed E-state index contributed by atoms with van der Waals surface area (Å²) in [7, 11) is 0. The van der Waals surface area contributed by atoms with Crippen molar-refractivity contribution in [1.82, 2.24) is 15.0 Å². The molecule has 0 bridgehead atoms. The summed E-state index contributed by atoms with van der Waals surface area (Å²) >= 11 is 0. The van der Waals surface area contributed by atoms with Crippen LogP contribution in [0, 0.1) is 11.3 Å². The first kappa shape index (κ1) is 11.8. The van der Waals surface area contributed by atoms with Gasteiger partial charge in [0.1, 0.15) is 17.5 Å². The molecule has 0 unspecified atom stereocenters. The van der Waals surface area contributed by atoms with Gasteiger partial charge in [-0.1, -0.05) is 6.07 Å². The molecule has 20 heavy (non-hydrogen) atoms. The lowest BCUT2D eigenvalue weighted by molar-refractivity contribution is 1.21. The number of H-pyrrole nitrogens is 3. The summed E-state index contributed by atoms with van der Waals surface area (Å²) in [5.74, 6) is 0.173. The molecule has 2 aromatic heterocycles. The summed E-state index contributed by atoms with van der Waals surface area (Å²) in [5.41, 5.74) is 7.03. The van der Waals surface area contributed by atoms with E-state index < -0.39 is 5.56 Å². The summed E-state index contributed by atoms with van der Waals surface area (Å²) in [4.78, 5) is 30.6. The number of nitrogen functional groups attached to an aromatic ring is 1. The molecule has 2 heterocycles. The van der Waals surface area contributed by atoms with E-state index in [4.69, 9.17) is 11.0 Å². The molecule has 0 radical (unpaired) electrons. The first-order valence-electron chi connectivity index (χ1n) is 5.74. The number of nitrogens with one attached hydrogen (secondary N) is 3. The molecule has 5 N–H and O–H groups in total. The van der Waals surface area contributed by atoms with E-state index in [-0.39, 0.29) is 17.1 Å². The Bertz CT molecular complexity index is 971. The number of pyridine rings is 1. The molecule has 7 heteroatoms. The lowest BCUT2D eigenvalue weighted by atomic mass is 10.0. The van der Waals surface area contributed by atoms with Crippen LogP contribution in [0.3, 0.4) is 0 Å². The predicted octanol–water partition coefficient (Wildman–Crippen LogP) is 0.665. The minimum Gasteiger partial charge on any atom is -0.385 e. The maximum absolute atomic E-state index is 11.7. The third-order valence-electron chi connectivity index (χ3n) is 2.99. The lowest BCUT2D eigenvalue weighted by Gasteiger charge is -2.05. The van der Waals surface area contributed by atoms with Gasteiger partial charge in [0.2, 0.25) is 0 Å². The highest BCUT2D eigenvalue weighted by Gasteiger charge is 2.11. The van der Waals surface area contributed by atoms with E-state index in [9.17, 15) is 9.59 Å². The Labute approximate surface area is 111 Å². The highest BCUT2D eigenvalue weighted by atomic mass is 16.1. The number of imidazole rings is 1. The second kappa shape index (κ2) is 4.13. The molecule has 0 aliphatic carbocycles. The second-order valence-electron chi connectivity index (χ2n) is 4.29. The molecule has 0 atom stereocenters. The van der Waals surface area contributed by atoms with E-state index in [2.05, 4.69) is 15.0 Å². The summed E-state index contributed by atoms with van der Waals surface area (Å²) in [6.45, 7) is 0. The maximum atomic E-state index is 11.7. The molecule has 0 amide bonds. The molecule has 0 saturated heterocycles. The minimum absolute atomic E-state index is 0.0172. The lowest BCUT2D eigenvalue weighted by Crippen LogP contribution is -2.13. The van der Waals surface area contributed by atoms with Crippen molar-refractivity contribution in [2.24, 2.45) is 0 Å². The number of fused-ring (bicyclic) bond motifs is 1. The van der Waals surface area contributed by atoms with Gasteiger partial charge in [-0.05, 0) is 23.8 Å². The molecule has 0 saturated carbocycles. The number of rotatable bonds is 1. The van der Waals surface area contributed by atoms with Crippen LogP contribution >= 0.6 is 0 Å². The number of hydrogen-bond donors (Lipinski definition) is 4. The number of hydrogen-bond acceptors (Lipinski definition) is 4. The van der Waals surface area contributed by atoms with Gasteiger partial charge >= 0.3 is 5.69 Å². The number of nitrogens with zero attached hydrogens (tertiary/aromatic N) is 1. The van der Waals surface area contributed by atoms with Gasteiger partial charge in [-0.15, -0.1) is 0 Å². The molecular formula is C13H9N5O2. The van der Waals surface area contributed by atoms with E-state index in [1.54, 1.807) is 18.2 Å². The molecule has 98 valence electrons. The van der Waals surface area contributed by atoms with Crippen LogP contribution in [0.2, 0.25) is 0 Å². The summed E-state index contributed by atoms with van der Waals surface area (Å²) in [5, 5.41) is 9.09. The monoisotopic (exact) mass is 267 g/mol. The first-order valence-corrected chi connectivity index (χ1v) is 5.74. The van der Waals surface area contributed by atoms with Crippen molar-refractivity contribution in [3.8, 4) is 17.2 Å². The quantitative estimate of drug-likeness (QED) is 0.515. The van der Waals surface area contributed by atoms with E-state index in [1.807, 2.05) is 6.07 Å². The first-order chi connectivity index (χ1) is 9.58. The van der Waals surface area contributed by atoms with Gasteiger partial charge in [-0.25, -0.2) is 4.79 Å². The number of nitriles is 1. The molecular weight excluding hydrogens is 258 g/mol. The number of benzene rings is 1. The Morgan fingerprint density at radius 1 is 1.05 bits per heavy atom. The second-order valence-corrected chi connectivity index (χ2v) is 4.29. The largest absolute Gasteiger partial charge is 0.385 e. The van der Waals surface area contributed by atoms with Crippen LogP contribution in [-0.4, -0.2) is 15.0 Å². The SMILES string of the molecule is N#Cc1c(-c2ccc3[nH]c(=O)[nH]c3c2)cc(N)[nH]c1=O. The predicted molar refractivity (Wildman–Crippen MR) is 74.1 cm³/mol. The van der Waals surface area contributed by atoms with E-state index in [0.29, 0.717) is 22.2 Å². The third kappa shape index (κ3) is 1.76. The number of anilines is 1. The van der Waals surface area contributed by atoms with E-state index in [0.717, 1.165) is 0 Å². The van der Waals surface area contributed by atoms with Crippen LogP contribution < -0.4 is 17.0 Å². The van der Waals surface area contributed by atoms with Crippen LogP contribution in [0.1, 0.15) is 5.56 Å². The van der Waals surface area contributed by atoms with Crippen molar-refractivity contribution in [3.05, 3.63) is 50.7 Å². The smallest absolute Gasteiger partial charge is 0.323 e. The van der Waals surface area contributed by atoms with Gasteiger partial charge in [0.15, 0.2) is 0 Å². The maximum Gasteiger partial charge on any atom is 0.323 e. The van der Waals surface area contributed by atoms with Crippen LogP contribution in [0.25, 0.3) is 22.2 Å².